The van der Waals surface area contributed by atoms with Crippen LogP contribution in [-0.4, -0.2) is 60.0 Å². The first-order chi connectivity index (χ1) is 14.4. The fourth-order valence-corrected chi connectivity index (χ4v) is 5.32. The smallest absolute Gasteiger partial charge is 0.414 e. The Kier molecular flexibility index (Phi) is 6.05. The van der Waals surface area contributed by atoms with Gasteiger partial charge in [-0.25, -0.2) is 9.18 Å². The second-order valence-electron chi connectivity index (χ2n) is 7.21. The molecule has 2 amide bonds. The van der Waals surface area contributed by atoms with E-state index >= 15 is 0 Å². The first-order valence-electron chi connectivity index (χ1n) is 9.63. The minimum atomic E-state index is -0.836. The summed E-state index contributed by atoms with van der Waals surface area (Å²) in [7, 11) is -0.836. The average Bonchev–Trinajstić information content (AvgIpc) is 3.32. The zero-order chi connectivity index (χ0) is 21.3. The van der Waals surface area contributed by atoms with Crippen molar-refractivity contribution in [3.05, 3.63) is 45.9 Å². The molecule has 1 atom stereocenters. The molecule has 2 aromatic rings. The van der Waals surface area contributed by atoms with Crippen LogP contribution in [0.4, 0.5) is 20.6 Å². The monoisotopic (exact) mass is 451 g/mol. The third-order valence-corrected chi connectivity index (χ3v) is 7.37. The van der Waals surface area contributed by atoms with Gasteiger partial charge < -0.3 is 15.0 Å². The van der Waals surface area contributed by atoms with Gasteiger partial charge in [0.2, 0.25) is 0 Å². The fraction of sp³-hybridized carbons (Fsp3) is 0.400. The molecule has 0 radical (unpaired) electrons. The predicted octanol–water partition coefficient (Wildman–Crippen LogP) is 2.52. The van der Waals surface area contributed by atoms with Crippen LogP contribution in [-0.2, 0) is 15.5 Å². The predicted molar refractivity (Wildman–Crippen MR) is 115 cm³/mol. The molecule has 2 fully saturated rings. The number of amides is 2. The van der Waals surface area contributed by atoms with E-state index in [0.29, 0.717) is 40.8 Å². The largest absolute Gasteiger partial charge is 0.442 e. The minimum Gasteiger partial charge on any atom is -0.442 e. The molecule has 0 unspecified atom stereocenters. The molecule has 4 rings (SSSR count). The summed E-state index contributed by atoms with van der Waals surface area (Å²) in [6.45, 7) is 3.42. The molecule has 1 aromatic carbocycles. The zero-order valence-electron chi connectivity index (χ0n) is 16.4. The maximum atomic E-state index is 14.7. The van der Waals surface area contributed by atoms with E-state index < -0.39 is 28.8 Å². The molecule has 0 bridgehead atoms. The molecular weight excluding hydrogens is 429 g/mol. The van der Waals surface area contributed by atoms with Crippen LogP contribution in [0.2, 0.25) is 0 Å². The van der Waals surface area contributed by atoms with E-state index in [9.17, 15) is 18.2 Å². The van der Waals surface area contributed by atoms with Crippen molar-refractivity contribution in [2.24, 2.45) is 0 Å². The van der Waals surface area contributed by atoms with Crippen molar-refractivity contribution >= 4 is 45.5 Å². The van der Waals surface area contributed by atoms with E-state index in [4.69, 9.17) is 4.74 Å². The molecule has 1 N–H and O–H groups in total. The molecule has 2 aliphatic heterocycles. The van der Waals surface area contributed by atoms with Gasteiger partial charge in [0.25, 0.3) is 5.91 Å². The summed E-state index contributed by atoms with van der Waals surface area (Å²) in [4.78, 5) is 29.3. The number of carbonyl (C=O) groups is 2. The molecule has 10 heteroatoms. The summed E-state index contributed by atoms with van der Waals surface area (Å²) in [6, 6.07) is 8.27. The third-order valence-electron chi connectivity index (χ3n) is 5.09. The Balaban J connectivity index is 1.37. The van der Waals surface area contributed by atoms with Gasteiger partial charge in [0.15, 0.2) is 0 Å². The highest BCUT2D eigenvalue weighted by Gasteiger charge is 2.33. The van der Waals surface area contributed by atoms with Crippen molar-refractivity contribution in [2.75, 3.05) is 47.5 Å². The Morgan fingerprint density at radius 1 is 1.30 bits per heavy atom. The first kappa shape index (κ1) is 20.8. The Bertz CT molecular complexity index is 986. The number of hydrogen-bond donors (Lipinski definition) is 1. The van der Waals surface area contributed by atoms with Gasteiger partial charge in [0, 0.05) is 40.3 Å². The number of aryl methyl sites for hydroxylation is 1. The molecule has 0 spiro atoms. The van der Waals surface area contributed by atoms with Crippen molar-refractivity contribution in [2.45, 2.75) is 13.0 Å². The van der Waals surface area contributed by atoms with E-state index in [1.54, 1.807) is 18.2 Å². The number of ether oxygens (including phenoxy) is 1. The van der Waals surface area contributed by atoms with Crippen LogP contribution in [0, 0.1) is 12.7 Å². The van der Waals surface area contributed by atoms with Crippen molar-refractivity contribution in [3.63, 3.8) is 0 Å². The number of cyclic esters (lactones) is 1. The fourth-order valence-electron chi connectivity index (χ4n) is 3.49. The third kappa shape index (κ3) is 4.49. The number of anilines is 2. The second-order valence-corrected chi connectivity index (χ2v) is 10.2. The summed E-state index contributed by atoms with van der Waals surface area (Å²) in [5.41, 5.74) is 0.850. The summed E-state index contributed by atoms with van der Waals surface area (Å²) >= 11 is 1.40. The van der Waals surface area contributed by atoms with E-state index in [1.165, 1.54) is 22.3 Å². The second kappa shape index (κ2) is 8.73. The summed E-state index contributed by atoms with van der Waals surface area (Å²) in [6.07, 6.45) is -1.08. The van der Waals surface area contributed by atoms with Crippen LogP contribution in [0.1, 0.15) is 14.5 Å². The van der Waals surface area contributed by atoms with Gasteiger partial charge in [0.1, 0.15) is 11.9 Å². The van der Waals surface area contributed by atoms with E-state index in [0.717, 1.165) is 4.88 Å². The standard InChI is InChI=1S/C20H22FN3O4S2/c1-13-2-5-18(29-13)19(25)22-11-15-12-24(20(26)28-15)14-3-4-17(16(21)10-14)23-6-8-30(27)9-7-23/h2-5,10,15H,6-9,11-12H2,1H3,(H,22,25)/t15-/m0/s1. The number of carbonyl (C=O) groups excluding carboxylic acids is 2. The molecule has 2 saturated heterocycles. The van der Waals surface area contributed by atoms with Gasteiger partial charge in [-0.05, 0) is 37.3 Å². The number of benzene rings is 1. The van der Waals surface area contributed by atoms with Gasteiger partial charge >= 0.3 is 6.09 Å². The Morgan fingerprint density at radius 3 is 2.73 bits per heavy atom. The van der Waals surface area contributed by atoms with Crippen LogP contribution in [0.3, 0.4) is 0 Å². The van der Waals surface area contributed by atoms with Crippen molar-refractivity contribution in [3.8, 4) is 0 Å². The molecule has 7 nitrogen and oxygen atoms in total. The molecule has 30 heavy (non-hydrogen) atoms. The summed E-state index contributed by atoms with van der Waals surface area (Å²) < 4.78 is 31.5. The number of rotatable bonds is 5. The molecule has 1 aromatic heterocycles. The van der Waals surface area contributed by atoms with E-state index in [-0.39, 0.29) is 19.0 Å². The maximum Gasteiger partial charge on any atom is 0.414 e. The van der Waals surface area contributed by atoms with Crippen molar-refractivity contribution < 1.29 is 22.9 Å². The summed E-state index contributed by atoms with van der Waals surface area (Å²) in [5.74, 6) is 0.411. The number of halogens is 1. The number of hydrogen-bond acceptors (Lipinski definition) is 6. The average molecular weight is 452 g/mol. The lowest BCUT2D eigenvalue weighted by molar-refractivity contribution is 0.0920. The molecular formula is C20H22FN3O4S2. The lowest BCUT2D eigenvalue weighted by Crippen LogP contribution is -2.38. The Morgan fingerprint density at radius 2 is 2.07 bits per heavy atom. The molecule has 160 valence electrons. The molecule has 0 saturated carbocycles. The lowest BCUT2D eigenvalue weighted by Gasteiger charge is -2.29. The zero-order valence-corrected chi connectivity index (χ0v) is 18.1. The molecule has 2 aliphatic rings. The maximum absolute atomic E-state index is 14.7. The number of nitrogens with one attached hydrogen (secondary N) is 1. The van der Waals surface area contributed by atoms with Crippen LogP contribution >= 0.6 is 11.3 Å². The topological polar surface area (TPSA) is 79.0 Å². The van der Waals surface area contributed by atoms with Crippen molar-refractivity contribution in [1.29, 1.82) is 0 Å². The number of nitrogens with zero attached hydrogens (tertiary/aromatic N) is 2. The van der Waals surface area contributed by atoms with E-state index in [1.807, 2.05) is 17.9 Å². The van der Waals surface area contributed by atoms with Crippen molar-refractivity contribution in [1.82, 2.24) is 5.32 Å². The highest BCUT2D eigenvalue weighted by molar-refractivity contribution is 7.85. The highest BCUT2D eigenvalue weighted by atomic mass is 32.2. The highest BCUT2D eigenvalue weighted by Crippen LogP contribution is 2.28. The summed E-state index contributed by atoms with van der Waals surface area (Å²) in [5, 5.41) is 2.78. The number of thiophene rings is 1. The van der Waals surface area contributed by atoms with Crippen LogP contribution in [0.5, 0.6) is 0 Å². The van der Waals surface area contributed by atoms with Crippen LogP contribution in [0.25, 0.3) is 0 Å². The SMILES string of the molecule is Cc1ccc(C(=O)NC[C@H]2CN(c3ccc(N4CCS(=O)CC4)c(F)c3)C(=O)O2)s1. The lowest BCUT2D eigenvalue weighted by atomic mass is 10.2. The Labute approximate surface area is 180 Å². The van der Waals surface area contributed by atoms with E-state index in [2.05, 4.69) is 5.32 Å². The van der Waals surface area contributed by atoms with Gasteiger partial charge in [-0.3, -0.25) is 13.9 Å². The van der Waals surface area contributed by atoms with Crippen LogP contribution in [0.15, 0.2) is 30.3 Å². The molecule has 3 heterocycles. The van der Waals surface area contributed by atoms with Gasteiger partial charge in [-0.15, -0.1) is 11.3 Å². The molecule has 0 aliphatic carbocycles. The minimum absolute atomic E-state index is 0.184. The first-order valence-corrected chi connectivity index (χ1v) is 11.9. The van der Waals surface area contributed by atoms with Gasteiger partial charge in [0.05, 0.1) is 29.3 Å². The van der Waals surface area contributed by atoms with Gasteiger partial charge in [-0.2, -0.15) is 0 Å². The quantitative estimate of drug-likeness (QED) is 0.756. The van der Waals surface area contributed by atoms with Crippen LogP contribution < -0.4 is 15.1 Å². The normalized spacial score (nSPS) is 19.8. The Hall–Kier alpha value is -2.46. The van der Waals surface area contributed by atoms with Gasteiger partial charge in [-0.1, -0.05) is 0 Å².